The van der Waals surface area contributed by atoms with Crippen LogP contribution in [0.5, 0.6) is 5.75 Å². The van der Waals surface area contributed by atoms with E-state index in [1.807, 2.05) is 0 Å². The highest BCUT2D eigenvalue weighted by Crippen LogP contribution is 2.26. The lowest BCUT2D eigenvalue weighted by atomic mass is 10.1. The van der Waals surface area contributed by atoms with Gasteiger partial charge in [-0.05, 0) is 38.3 Å². The maximum atomic E-state index is 11.3. The van der Waals surface area contributed by atoms with E-state index in [1.54, 1.807) is 19.1 Å². The number of nitro benzene ring substituents is 1. The molecule has 0 fully saturated rings. The lowest BCUT2D eigenvalue weighted by molar-refractivity contribution is -0.385. The van der Waals surface area contributed by atoms with Crippen molar-refractivity contribution in [3.8, 4) is 5.75 Å². The van der Waals surface area contributed by atoms with Crippen LogP contribution in [0.2, 0.25) is 0 Å². The summed E-state index contributed by atoms with van der Waals surface area (Å²) in [5.41, 5.74) is 0.480. The Morgan fingerprint density at radius 3 is 2.77 bits per heavy atom. The number of halogens is 1. The van der Waals surface area contributed by atoms with Crippen LogP contribution in [0.4, 0.5) is 5.69 Å². The Kier molecular flexibility index (Phi) is 8.50. The van der Waals surface area contributed by atoms with Crippen LogP contribution in [0, 0.1) is 10.1 Å². The van der Waals surface area contributed by atoms with E-state index in [0.29, 0.717) is 24.5 Å². The molecule has 0 aliphatic carbocycles. The van der Waals surface area contributed by atoms with Crippen LogP contribution in [0.25, 0.3) is 0 Å². The zero-order valence-corrected chi connectivity index (χ0v) is 14.1. The number of nitrogens with zero attached hydrogens (tertiary/aromatic N) is 1. The molecule has 22 heavy (non-hydrogen) atoms. The first-order valence-electron chi connectivity index (χ1n) is 7.20. The van der Waals surface area contributed by atoms with Crippen LogP contribution in [0.3, 0.4) is 0 Å². The molecule has 0 aliphatic heterocycles. The monoisotopic (exact) mass is 373 g/mol. The van der Waals surface area contributed by atoms with E-state index in [4.69, 9.17) is 9.47 Å². The number of rotatable bonds is 10. The number of nitro groups is 1. The molecule has 0 aliphatic rings. The predicted molar refractivity (Wildman–Crippen MR) is 86.6 cm³/mol. The standard InChI is InChI=1S/C15H20BrNO5/c1-2-21-15(18)8-6-12-5-7-13(11-14(12)17(19)20)22-10-4-3-9-16/h5,7,11H,2-4,6,8-10H2,1H3. The molecule has 0 amide bonds. The fourth-order valence-electron chi connectivity index (χ4n) is 1.87. The quantitative estimate of drug-likeness (QED) is 0.205. The van der Waals surface area contributed by atoms with Crippen LogP contribution in [-0.4, -0.2) is 29.4 Å². The number of esters is 1. The molecule has 0 heterocycles. The molecule has 7 heteroatoms. The molecule has 0 aromatic heterocycles. The second-order valence-electron chi connectivity index (χ2n) is 4.60. The van der Waals surface area contributed by atoms with Crippen LogP contribution >= 0.6 is 15.9 Å². The average molecular weight is 374 g/mol. The highest BCUT2D eigenvalue weighted by atomic mass is 79.9. The first-order valence-corrected chi connectivity index (χ1v) is 8.32. The molecule has 6 nitrogen and oxygen atoms in total. The molecule has 0 saturated heterocycles. The van der Waals surface area contributed by atoms with Crippen molar-refractivity contribution in [3.05, 3.63) is 33.9 Å². The van der Waals surface area contributed by atoms with Gasteiger partial charge in [0.1, 0.15) is 5.75 Å². The van der Waals surface area contributed by atoms with Gasteiger partial charge in [-0.15, -0.1) is 0 Å². The van der Waals surface area contributed by atoms with E-state index in [0.717, 1.165) is 18.2 Å². The van der Waals surface area contributed by atoms with Gasteiger partial charge in [-0.1, -0.05) is 15.9 Å². The number of unbranched alkanes of at least 4 members (excludes halogenated alkanes) is 1. The molecule has 1 aromatic carbocycles. The topological polar surface area (TPSA) is 78.7 Å². The van der Waals surface area contributed by atoms with Crippen molar-refractivity contribution in [2.45, 2.75) is 32.6 Å². The summed E-state index contributed by atoms with van der Waals surface area (Å²) in [6, 6.07) is 4.74. The summed E-state index contributed by atoms with van der Waals surface area (Å²) in [6.07, 6.45) is 2.27. The average Bonchev–Trinajstić information content (AvgIpc) is 2.50. The zero-order chi connectivity index (χ0) is 16.4. The van der Waals surface area contributed by atoms with Crippen molar-refractivity contribution in [3.63, 3.8) is 0 Å². The number of hydrogen-bond donors (Lipinski definition) is 0. The van der Waals surface area contributed by atoms with Crippen molar-refractivity contribution in [1.82, 2.24) is 0 Å². The van der Waals surface area contributed by atoms with Gasteiger partial charge in [0.2, 0.25) is 0 Å². The summed E-state index contributed by atoms with van der Waals surface area (Å²) in [4.78, 5) is 22.0. The van der Waals surface area contributed by atoms with Crippen LogP contribution < -0.4 is 4.74 Å². The number of carbonyl (C=O) groups is 1. The van der Waals surface area contributed by atoms with Crippen LogP contribution in [0.15, 0.2) is 18.2 Å². The Hall–Kier alpha value is -1.63. The number of aryl methyl sites for hydroxylation is 1. The number of alkyl halides is 1. The third kappa shape index (κ3) is 6.43. The summed E-state index contributed by atoms with van der Waals surface area (Å²) < 4.78 is 10.3. The van der Waals surface area contributed by atoms with E-state index < -0.39 is 4.92 Å². The van der Waals surface area contributed by atoms with E-state index in [1.165, 1.54) is 6.07 Å². The van der Waals surface area contributed by atoms with E-state index in [9.17, 15) is 14.9 Å². The molecular weight excluding hydrogens is 354 g/mol. The summed E-state index contributed by atoms with van der Waals surface area (Å²) in [5.74, 6) is 0.119. The molecule has 1 rings (SSSR count). The highest BCUT2D eigenvalue weighted by Gasteiger charge is 2.16. The smallest absolute Gasteiger partial charge is 0.306 e. The lowest BCUT2D eigenvalue weighted by Gasteiger charge is -2.08. The fourth-order valence-corrected chi connectivity index (χ4v) is 2.27. The van der Waals surface area contributed by atoms with Crippen molar-refractivity contribution in [2.75, 3.05) is 18.5 Å². The first-order chi connectivity index (χ1) is 10.6. The van der Waals surface area contributed by atoms with Gasteiger partial charge in [0.15, 0.2) is 0 Å². The molecule has 0 bridgehead atoms. The van der Waals surface area contributed by atoms with Gasteiger partial charge in [0, 0.05) is 17.3 Å². The van der Waals surface area contributed by atoms with Crippen molar-refractivity contribution >= 4 is 27.6 Å². The number of ether oxygens (including phenoxy) is 2. The zero-order valence-electron chi connectivity index (χ0n) is 12.5. The summed E-state index contributed by atoms with van der Waals surface area (Å²) >= 11 is 3.33. The minimum Gasteiger partial charge on any atom is -0.493 e. The Morgan fingerprint density at radius 1 is 1.36 bits per heavy atom. The van der Waals surface area contributed by atoms with E-state index in [-0.39, 0.29) is 24.5 Å². The predicted octanol–water partition coefficient (Wildman–Crippen LogP) is 3.64. The SMILES string of the molecule is CCOC(=O)CCc1ccc(OCCCCBr)cc1[N+](=O)[O-]. The van der Waals surface area contributed by atoms with Crippen molar-refractivity contribution < 1.29 is 19.2 Å². The van der Waals surface area contributed by atoms with Crippen molar-refractivity contribution in [1.29, 1.82) is 0 Å². The Labute approximate surface area is 138 Å². The largest absolute Gasteiger partial charge is 0.493 e. The number of hydrogen-bond acceptors (Lipinski definition) is 5. The molecule has 1 aromatic rings. The molecule has 0 N–H and O–H groups in total. The molecule has 0 saturated carbocycles. The van der Waals surface area contributed by atoms with Gasteiger partial charge in [-0.3, -0.25) is 14.9 Å². The van der Waals surface area contributed by atoms with Crippen molar-refractivity contribution in [2.24, 2.45) is 0 Å². The third-order valence-corrected chi connectivity index (χ3v) is 3.51. The minimum atomic E-state index is -0.453. The van der Waals surface area contributed by atoms with Gasteiger partial charge in [-0.2, -0.15) is 0 Å². The second kappa shape index (κ2) is 10.2. The fraction of sp³-hybridized carbons (Fsp3) is 0.533. The number of carbonyl (C=O) groups excluding carboxylic acids is 1. The maximum absolute atomic E-state index is 11.3. The first kappa shape index (κ1) is 18.4. The van der Waals surface area contributed by atoms with E-state index >= 15 is 0 Å². The van der Waals surface area contributed by atoms with Crippen LogP contribution in [-0.2, 0) is 16.0 Å². The molecule has 0 atom stereocenters. The molecule has 0 spiro atoms. The normalized spacial score (nSPS) is 10.3. The van der Waals surface area contributed by atoms with Gasteiger partial charge in [0.05, 0.1) is 24.2 Å². The Bertz CT molecular complexity index is 507. The van der Waals surface area contributed by atoms with Gasteiger partial charge < -0.3 is 9.47 Å². The molecule has 0 radical (unpaired) electrons. The van der Waals surface area contributed by atoms with Crippen LogP contribution in [0.1, 0.15) is 31.7 Å². The molecule has 0 unspecified atom stereocenters. The molecular formula is C15H20BrNO5. The summed E-state index contributed by atoms with van der Waals surface area (Å²) in [5, 5.41) is 12.1. The third-order valence-electron chi connectivity index (χ3n) is 2.95. The van der Waals surface area contributed by atoms with E-state index in [2.05, 4.69) is 15.9 Å². The lowest BCUT2D eigenvalue weighted by Crippen LogP contribution is -2.06. The maximum Gasteiger partial charge on any atom is 0.306 e. The second-order valence-corrected chi connectivity index (χ2v) is 5.39. The van der Waals surface area contributed by atoms with Gasteiger partial charge in [0.25, 0.3) is 5.69 Å². The van der Waals surface area contributed by atoms with Gasteiger partial charge in [-0.25, -0.2) is 0 Å². The highest BCUT2D eigenvalue weighted by molar-refractivity contribution is 9.09. The summed E-state index contributed by atoms with van der Waals surface area (Å²) in [7, 11) is 0. The minimum absolute atomic E-state index is 0.0257. The Balaban J connectivity index is 2.69. The molecule has 122 valence electrons. The Morgan fingerprint density at radius 2 is 2.14 bits per heavy atom. The summed E-state index contributed by atoms with van der Waals surface area (Å²) in [6.45, 7) is 2.55. The van der Waals surface area contributed by atoms with Gasteiger partial charge >= 0.3 is 5.97 Å². The number of benzene rings is 1.